The summed E-state index contributed by atoms with van der Waals surface area (Å²) in [6.07, 6.45) is 3.11. The number of aryl methyl sites for hydroxylation is 1. The van der Waals surface area contributed by atoms with Gasteiger partial charge in [0.25, 0.3) is 0 Å². The van der Waals surface area contributed by atoms with Crippen LogP contribution in [0.5, 0.6) is 5.75 Å². The zero-order chi connectivity index (χ0) is 20.1. The maximum atomic E-state index is 12.2. The number of amides is 1. The van der Waals surface area contributed by atoms with E-state index in [0.29, 0.717) is 21.8 Å². The molecule has 0 spiro atoms. The van der Waals surface area contributed by atoms with E-state index in [1.165, 1.54) is 17.4 Å². The van der Waals surface area contributed by atoms with Crippen molar-refractivity contribution >= 4 is 51.7 Å². The number of ether oxygens (including phenoxy) is 1. The van der Waals surface area contributed by atoms with Crippen LogP contribution >= 0.6 is 34.5 Å². The molecular formula is C21H18Cl2N2O2S. The van der Waals surface area contributed by atoms with E-state index in [1.54, 1.807) is 24.3 Å². The van der Waals surface area contributed by atoms with Gasteiger partial charge in [0.05, 0.1) is 22.3 Å². The van der Waals surface area contributed by atoms with Crippen LogP contribution in [0.2, 0.25) is 10.0 Å². The first-order chi connectivity index (χ1) is 13.5. The summed E-state index contributed by atoms with van der Waals surface area (Å²) in [5, 5.41) is 4.26. The van der Waals surface area contributed by atoms with Crippen molar-refractivity contribution in [3.05, 3.63) is 69.0 Å². The minimum atomic E-state index is -0.266. The molecule has 1 amide bonds. The first kappa shape index (κ1) is 20.4. The number of hydrogen-bond donors (Lipinski definition) is 1. The second-order valence-corrected chi connectivity index (χ2v) is 7.89. The van der Waals surface area contributed by atoms with Crippen molar-refractivity contribution in [2.75, 3.05) is 11.9 Å². The standard InChI is InChI=1S/C21H18Cl2N2O2S/c1-3-27-16-8-6-15(7-9-16)20-13(2)28-21(25-20)24-19(26)11-5-14-4-10-17(22)18(23)12-14/h4-12H,3H2,1-2H3,(H,24,25,26)/b11-5+. The van der Waals surface area contributed by atoms with Crippen LogP contribution < -0.4 is 10.1 Å². The SMILES string of the molecule is CCOc1ccc(-c2nc(NC(=O)/C=C/c3ccc(Cl)c(Cl)c3)sc2C)cc1. The van der Waals surface area contributed by atoms with E-state index in [9.17, 15) is 4.79 Å². The summed E-state index contributed by atoms with van der Waals surface area (Å²) in [5.74, 6) is 0.554. The third-order valence-corrected chi connectivity index (χ3v) is 5.46. The number of halogens is 2. The number of rotatable bonds is 6. The molecule has 0 aliphatic heterocycles. The van der Waals surface area contributed by atoms with Crippen LogP contribution in [0.3, 0.4) is 0 Å². The van der Waals surface area contributed by atoms with Crippen molar-refractivity contribution < 1.29 is 9.53 Å². The number of nitrogens with zero attached hydrogens (tertiary/aromatic N) is 1. The first-order valence-corrected chi connectivity index (χ1v) is 10.2. The van der Waals surface area contributed by atoms with Gasteiger partial charge in [0.2, 0.25) is 5.91 Å². The lowest BCUT2D eigenvalue weighted by atomic mass is 10.1. The van der Waals surface area contributed by atoms with Crippen molar-refractivity contribution in [1.82, 2.24) is 4.98 Å². The molecule has 3 aromatic rings. The summed E-state index contributed by atoms with van der Waals surface area (Å²) in [4.78, 5) is 17.8. The number of carbonyl (C=O) groups excluding carboxylic acids is 1. The van der Waals surface area contributed by atoms with Gasteiger partial charge >= 0.3 is 0 Å². The second-order valence-electron chi connectivity index (χ2n) is 5.88. The zero-order valence-electron chi connectivity index (χ0n) is 15.3. The van der Waals surface area contributed by atoms with Crippen LogP contribution in [0, 0.1) is 6.92 Å². The molecule has 1 aromatic heterocycles. The van der Waals surface area contributed by atoms with Crippen molar-refractivity contribution in [3.8, 4) is 17.0 Å². The number of anilines is 1. The topological polar surface area (TPSA) is 51.2 Å². The quantitative estimate of drug-likeness (QED) is 0.453. The Hall–Kier alpha value is -2.34. The minimum Gasteiger partial charge on any atom is -0.494 e. The summed E-state index contributed by atoms with van der Waals surface area (Å²) < 4.78 is 5.46. The van der Waals surface area contributed by atoms with Crippen LogP contribution in [0.25, 0.3) is 17.3 Å². The maximum Gasteiger partial charge on any atom is 0.250 e. The average molecular weight is 433 g/mol. The van der Waals surface area contributed by atoms with E-state index in [1.807, 2.05) is 38.1 Å². The van der Waals surface area contributed by atoms with Crippen LogP contribution in [0.15, 0.2) is 48.5 Å². The molecular weight excluding hydrogens is 415 g/mol. The molecule has 0 saturated carbocycles. The minimum absolute atomic E-state index is 0.266. The van der Waals surface area contributed by atoms with Crippen LogP contribution in [-0.2, 0) is 4.79 Å². The summed E-state index contributed by atoms with van der Waals surface area (Å²) in [6, 6.07) is 12.9. The average Bonchev–Trinajstić information content (AvgIpc) is 3.03. The molecule has 0 saturated heterocycles. The highest BCUT2D eigenvalue weighted by Gasteiger charge is 2.11. The van der Waals surface area contributed by atoms with Crippen molar-refractivity contribution in [3.63, 3.8) is 0 Å². The number of hydrogen-bond acceptors (Lipinski definition) is 4. The van der Waals surface area contributed by atoms with E-state index in [0.717, 1.165) is 27.4 Å². The number of nitrogens with one attached hydrogen (secondary N) is 1. The number of carbonyl (C=O) groups is 1. The Labute approximate surface area is 177 Å². The van der Waals surface area contributed by atoms with Gasteiger partial charge in [-0.15, -0.1) is 11.3 Å². The van der Waals surface area contributed by atoms with Gasteiger partial charge in [-0.05, 0) is 61.9 Å². The first-order valence-electron chi connectivity index (χ1n) is 8.61. The number of thiazole rings is 1. The molecule has 0 aliphatic carbocycles. The lowest BCUT2D eigenvalue weighted by Crippen LogP contribution is -2.07. The number of benzene rings is 2. The zero-order valence-corrected chi connectivity index (χ0v) is 17.7. The van der Waals surface area contributed by atoms with Gasteiger partial charge in [0.15, 0.2) is 5.13 Å². The largest absolute Gasteiger partial charge is 0.494 e. The lowest BCUT2D eigenvalue weighted by molar-refractivity contribution is -0.111. The van der Waals surface area contributed by atoms with Crippen LogP contribution in [0.4, 0.5) is 5.13 Å². The highest BCUT2D eigenvalue weighted by atomic mass is 35.5. The Balaban J connectivity index is 1.69. The summed E-state index contributed by atoms with van der Waals surface area (Å²) in [5.41, 5.74) is 2.61. The Morgan fingerprint density at radius 2 is 1.93 bits per heavy atom. The molecule has 3 rings (SSSR count). The molecule has 1 N–H and O–H groups in total. The third kappa shape index (κ3) is 5.13. The van der Waals surface area contributed by atoms with Gasteiger partial charge in [-0.25, -0.2) is 4.98 Å². The van der Waals surface area contributed by atoms with E-state index in [-0.39, 0.29) is 5.91 Å². The van der Waals surface area contributed by atoms with Crippen molar-refractivity contribution in [2.24, 2.45) is 0 Å². The van der Waals surface area contributed by atoms with E-state index < -0.39 is 0 Å². The molecule has 2 aromatic carbocycles. The van der Waals surface area contributed by atoms with Gasteiger partial charge in [0.1, 0.15) is 5.75 Å². The Kier molecular flexibility index (Phi) is 6.73. The van der Waals surface area contributed by atoms with Crippen LogP contribution in [0.1, 0.15) is 17.4 Å². The van der Waals surface area contributed by atoms with Crippen LogP contribution in [-0.4, -0.2) is 17.5 Å². The van der Waals surface area contributed by atoms with Gasteiger partial charge < -0.3 is 4.74 Å². The van der Waals surface area contributed by atoms with Gasteiger partial charge in [-0.3, -0.25) is 10.1 Å². The van der Waals surface area contributed by atoms with Gasteiger partial charge in [-0.1, -0.05) is 29.3 Å². The molecule has 0 aliphatic rings. The molecule has 4 nitrogen and oxygen atoms in total. The summed E-state index contributed by atoms with van der Waals surface area (Å²) in [6.45, 7) is 4.55. The Bertz CT molecular complexity index is 1010. The molecule has 28 heavy (non-hydrogen) atoms. The summed E-state index contributed by atoms with van der Waals surface area (Å²) >= 11 is 13.3. The fraction of sp³-hybridized carbons (Fsp3) is 0.143. The Morgan fingerprint density at radius 3 is 2.61 bits per heavy atom. The third-order valence-electron chi connectivity index (χ3n) is 3.84. The smallest absolute Gasteiger partial charge is 0.250 e. The van der Waals surface area contributed by atoms with E-state index in [4.69, 9.17) is 27.9 Å². The van der Waals surface area contributed by atoms with E-state index >= 15 is 0 Å². The van der Waals surface area contributed by atoms with Crippen molar-refractivity contribution in [2.45, 2.75) is 13.8 Å². The predicted octanol–water partition coefficient (Wildman–Crippen LogP) is 6.48. The summed E-state index contributed by atoms with van der Waals surface area (Å²) in [7, 11) is 0. The second kappa shape index (κ2) is 9.24. The maximum absolute atomic E-state index is 12.2. The molecule has 1 heterocycles. The monoisotopic (exact) mass is 432 g/mol. The molecule has 0 fully saturated rings. The highest BCUT2D eigenvalue weighted by Crippen LogP contribution is 2.31. The normalized spacial score (nSPS) is 11.0. The van der Waals surface area contributed by atoms with Crippen molar-refractivity contribution in [1.29, 1.82) is 0 Å². The fourth-order valence-corrected chi connectivity index (χ4v) is 3.67. The highest BCUT2D eigenvalue weighted by molar-refractivity contribution is 7.16. The van der Waals surface area contributed by atoms with Gasteiger partial charge in [0, 0.05) is 16.5 Å². The molecule has 0 radical (unpaired) electrons. The number of aromatic nitrogens is 1. The lowest BCUT2D eigenvalue weighted by Gasteiger charge is -2.04. The Morgan fingerprint density at radius 1 is 1.18 bits per heavy atom. The van der Waals surface area contributed by atoms with Gasteiger partial charge in [-0.2, -0.15) is 0 Å². The fourth-order valence-electron chi connectivity index (χ4n) is 2.53. The molecule has 7 heteroatoms. The molecule has 0 bridgehead atoms. The van der Waals surface area contributed by atoms with E-state index in [2.05, 4.69) is 10.3 Å². The molecule has 144 valence electrons. The molecule has 0 unspecified atom stereocenters. The molecule has 0 atom stereocenters. The predicted molar refractivity (Wildman–Crippen MR) is 118 cm³/mol.